The molecule has 0 aliphatic heterocycles. The molecule has 0 heterocycles. The summed E-state index contributed by atoms with van der Waals surface area (Å²) in [7, 11) is 0. The minimum Gasteiger partial charge on any atom is -0.325 e. The van der Waals surface area contributed by atoms with Crippen LogP contribution in [0.5, 0.6) is 0 Å². The van der Waals surface area contributed by atoms with Crippen LogP contribution in [-0.2, 0) is 4.79 Å². The van der Waals surface area contributed by atoms with Crippen LogP contribution in [0.1, 0.15) is 31.4 Å². The van der Waals surface area contributed by atoms with Gasteiger partial charge in [-0.15, -0.1) is 0 Å². The first-order valence-corrected chi connectivity index (χ1v) is 8.58. The zero-order valence-electron chi connectivity index (χ0n) is 13.8. The molecule has 25 heavy (non-hydrogen) atoms. The molecule has 0 radical (unpaired) electrons. The van der Waals surface area contributed by atoms with Crippen LogP contribution in [0.4, 0.5) is 14.5 Å². The molecule has 2 aromatic rings. The SMILES string of the molecule is CC(c1ccccc1Cl)N(CC(=O)Nc1ccc(F)c(F)c1)C1CC1. The van der Waals surface area contributed by atoms with Crippen molar-refractivity contribution in [2.24, 2.45) is 0 Å². The lowest BCUT2D eigenvalue weighted by molar-refractivity contribution is -0.118. The summed E-state index contributed by atoms with van der Waals surface area (Å²) in [5.41, 5.74) is 1.21. The van der Waals surface area contributed by atoms with E-state index in [0.717, 1.165) is 30.5 Å². The number of rotatable bonds is 6. The lowest BCUT2D eigenvalue weighted by Gasteiger charge is -2.29. The molecule has 0 spiro atoms. The summed E-state index contributed by atoms with van der Waals surface area (Å²) in [6, 6.07) is 11.2. The normalized spacial score (nSPS) is 15.2. The third-order valence-corrected chi connectivity index (χ3v) is 4.74. The fourth-order valence-corrected chi connectivity index (χ4v) is 3.21. The maximum absolute atomic E-state index is 13.3. The summed E-state index contributed by atoms with van der Waals surface area (Å²) in [6.07, 6.45) is 2.07. The molecule has 0 aromatic heterocycles. The number of anilines is 1. The van der Waals surface area contributed by atoms with Crippen LogP contribution in [0.25, 0.3) is 0 Å². The van der Waals surface area contributed by atoms with Gasteiger partial charge in [0.25, 0.3) is 0 Å². The third-order valence-electron chi connectivity index (χ3n) is 4.40. The summed E-state index contributed by atoms with van der Waals surface area (Å²) in [4.78, 5) is 14.5. The van der Waals surface area contributed by atoms with E-state index < -0.39 is 11.6 Å². The molecule has 1 amide bonds. The van der Waals surface area contributed by atoms with Gasteiger partial charge in [-0.3, -0.25) is 9.69 Å². The predicted molar refractivity (Wildman–Crippen MR) is 94.6 cm³/mol. The maximum Gasteiger partial charge on any atom is 0.238 e. The quantitative estimate of drug-likeness (QED) is 0.799. The van der Waals surface area contributed by atoms with Crippen LogP contribution in [-0.4, -0.2) is 23.4 Å². The number of halogens is 3. The maximum atomic E-state index is 13.3. The highest BCUT2D eigenvalue weighted by Gasteiger charge is 2.34. The van der Waals surface area contributed by atoms with E-state index in [9.17, 15) is 13.6 Å². The lowest BCUT2D eigenvalue weighted by atomic mass is 10.1. The topological polar surface area (TPSA) is 32.3 Å². The molecule has 1 N–H and O–H groups in total. The Labute approximate surface area is 150 Å². The van der Waals surface area contributed by atoms with Gasteiger partial charge in [-0.25, -0.2) is 8.78 Å². The molecule has 1 aliphatic carbocycles. The Bertz CT molecular complexity index is 780. The fourth-order valence-electron chi connectivity index (χ4n) is 2.92. The smallest absolute Gasteiger partial charge is 0.238 e. The molecule has 3 rings (SSSR count). The Balaban J connectivity index is 1.70. The van der Waals surface area contributed by atoms with Crippen molar-refractivity contribution < 1.29 is 13.6 Å². The van der Waals surface area contributed by atoms with Gasteiger partial charge < -0.3 is 5.32 Å². The van der Waals surface area contributed by atoms with Crippen molar-refractivity contribution in [3.05, 3.63) is 64.7 Å². The zero-order chi connectivity index (χ0) is 18.0. The molecule has 1 saturated carbocycles. The van der Waals surface area contributed by atoms with E-state index in [4.69, 9.17) is 11.6 Å². The average Bonchev–Trinajstić information content (AvgIpc) is 3.41. The molecule has 1 aliphatic rings. The van der Waals surface area contributed by atoms with Crippen molar-refractivity contribution in [3.63, 3.8) is 0 Å². The van der Waals surface area contributed by atoms with Crippen LogP contribution in [0.3, 0.4) is 0 Å². The molecular formula is C19H19ClF2N2O. The molecule has 1 fully saturated rings. The number of hydrogen-bond donors (Lipinski definition) is 1. The Morgan fingerprint density at radius 2 is 1.96 bits per heavy atom. The molecule has 0 saturated heterocycles. The number of benzene rings is 2. The Kier molecular flexibility index (Phi) is 5.35. The van der Waals surface area contributed by atoms with Gasteiger partial charge in [0.15, 0.2) is 11.6 Å². The first-order valence-electron chi connectivity index (χ1n) is 8.21. The van der Waals surface area contributed by atoms with Gasteiger partial charge in [-0.2, -0.15) is 0 Å². The van der Waals surface area contributed by atoms with E-state index >= 15 is 0 Å². The van der Waals surface area contributed by atoms with E-state index in [1.165, 1.54) is 6.07 Å². The van der Waals surface area contributed by atoms with Gasteiger partial charge in [0.1, 0.15) is 0 Å². The van der Waals surface area contributed by atoms with Crippen LogP contribution in [0, 0.1) is 11.6 Å². The molecular weight excluding hydrogens is 346 g/mol. The molecule has 2 aromatic carbocycles. The van der Waals surface area contributed by atoms with Crippen LogP contribution >= 0.6 is 11.6 Å². The van der Waals surface area contributed by atoms with E-state index in [2.05, 4.69) is 10.2 Å². The van der Waals surface area contributed by atoms with Gasteiger partial charge in [0.2, 0.25) is 5.91 Å². The number of amides is 1. The zero-order valence-corrected chi connectivity index (χ0v) is 14.6. The van der Waals surface area contributed by atoms with Gasteiger partial charge >= 0.3 is 0 Å². The summed E-state index contributed by atoms with van der Waals surface area (Å²) >= 11 is 6.28. The van der Waals surface area contributed by atoms with Crippen molar-refractivity contribution in [2.75, 3.05) is 11.9 Å². The highest BCUT2D eigenvalue weighted by atomic mass is 35.5. The summed E-state index contributed by atoms with van der Waals surface area (Å²) in [5, 5.41) is 3.29. The van der Waals surface area contributed by atoms with Crippen molar-refractivity contribution in [3.8, 4) is 0 Å². The van der Waals surface area contributed by atoms with E-state index in [-0.39, 0.29) is 24.2 Å². The Hall–Kier alpha value is -1.98. The highest BCUT2D eigenvalue weighted by molar-refractivity contribution is 6.31. The summed E-state index contributed by atoms with van der Waals surface area (Å²) < 4.78 is 26.3. The minimum atomic E-state index is -0.985. The predicted octanol–water partition coefficient (Wildman–Crippen LogP) is 4.78. The number of carbonyl (C=O) groups is 1. The van der Waals surface area contributed by atoms with Crippen molar-refractivity contribution in [2.45, 2.75) is 31.8 Å². The first-order chi connectivity index (χ1) is 12.0. The third kappa shape index (κ3) is 4.35. The first kappa shape index (κ1) is 17.8. The Morgan fingerprint density at radius 1 is 1.24 bits per heavy atom. The fraction of sp³-hybridized carbons (Fsp3) is 0.316. The molecule has 6 heteroatoms. The summed E-state index contributed by atoms with van der Waals surface area (Å²) in [6.45, 7) is 2.18. The largest absolute Gasteiger partial charge is 0.325 e. The molecule has 1 unspecified atom stereocenters. The highest BCUT2D eigenvalue weighted by Crippen LogP contribution is 2.36. The van der Waals surface area contributed by atoms with Gasteiger partial charge in [-0.1, -0.05) is 29.8 Å². The van der Waals surface area contributed by atoms with Crippen LogP contribution in [0.2, 0.25) is 5.02 Å². The van der Waals surface area contributed by atoms with E-state index in [0.29, 0.717) is 11.1 Å². The number of hydrogen-bond acceptors (Lipinski definition) is 2. The second kappa shape index (κ2) is 7.50. The van der Waals surface area contributed by atoms with Crippen molar-refractivity contribution in [1.82, 2.24) is 4.90 Å². The molecule has 132 valence electrons. The van der Waals surface area contributed by atoms with Crippen molar-refractivity contribution in [1.29, 1.82) is 0 Å². The van der Waals surface area contributed by atoms with Crippen molar-refractivity contribution >= 4 is 23.2 Å². The number of carbonyl (C=O) groups excluding carboxylic acids is 1. The summed E-state index contributed by atoms with van der Waals surface area (Å²) in [5.74, 6) is -2.19. The standard InChI is InChI=1S/C19H19ClF2N2O/c1-12(15-4-2-3-5-16(15)20)24(14-7-8-14)11-19(25)23-13-6-9-17(21)18(22)10-13/h2-6,9-10,12,14H,7-8,11H2,1H3,(H,23,25). The minimum absolute atomic E-state index is 0.0168. The monoisotopic (exact) mass is 364 g/mol. The molecule has 1 atom stereocenters. The number of nitrogens with one attached hydrogen (secondary N) is 1. The Morgan fingerprint density at radius 3 is 2.60 bits per heavy atom. The van der Waals surface area contributed by atoms with Crippen LogP contribution in [0.15, 0.2) is 42.5 Å². The van der Waals surface area contributed by atoms with E-state index in [1.807, 2.05) is 31.2 Å². The molecule has 3 nitrogen and oxygen atoms in total. The van der Waals surface area contributed by atoms with Gasteiger partial charge in [0.05, 0.1) is 6.54 Å². The van der Waals surface area contributed by atoms with Crippen LogP contribution < -0.4 is 5.32 Å². The second-order valence-corrected chi connectivity index (χ2v) is 6.69. The van der Waals surface area contributed by atoms with E-state index in [1.54, 1.807) is 0 Å². The molecule has 0 bridgehead atoms. The number of nitrogens with zero attached hydrogens (tertiary/aromatic N) is 1. The lowest BCUT2D eigenvalue weighted by Crippen LogP contribution is -2.37. The average molecular weight is 365 g/mol. The second-order valence-electron chi connectivity index (χ2n) is 6.28. The van der Waals surface area contributed by atoms with Gasteiger partial charge in [-0.05, 0) is 43.5 Å². The van der Waals surface area contributed by atoms with Gasteiger partial charge in [0, 0.05) is 28.9 Å².